The van der Waals surface area contributed by atoms with Crippen LogP contribution in [-0.4, -0.2) is 72.2 Å². The molecular weight excluding hydrogens is 458 g/mol. The third kappa shape index (κ3) is 5.38. The Morgan fingerprint density at radius 2 is 1.80 bits per heavy atom. The van der Waals surface area contributed by atoms with Gasteiger partial charge in [-0.3, -0.25) is 4.90 Å². The number of ether oxygens (including phenoxy) is 1. The van der Waals surface area contributed by atoms with Crippen LogP contribution in [0.15, 0.2) is 48.5 Å². The Morgan fingerprint density at radius 1 is 1.09 bits per heavy atom. The Bertz CT molecular complexity index is 1130. The number of nitrogens with one attached hydrogen (secondary N) is 1. The first-order chi connectivity index (χ1) is 17.0. The average molecular weight is 494 g/mol. The van der Waals surface area contributed by atoms with Gasteiger partial charge < -0.3 is 19.9 Å². The van der Waals surface area contributed by atoms with E-state index >= 15 is 0 Å². The number of hydrogen-bond acceptors (Lipinski definition) is 6. The second kappa shape index (κ2) is 10.4. The third-order valence-electron chi connectivity index (χ3n) is 7.17. The van der Waals surface area contributed by atoms with E-state index in [1.165, 1.54) is 5.56 Å². The summed E-state index contributed by atoms with van der Waals surface area (Å²) in [5.74, 6) is 0.849. The average Bonchev–Trinajstić information content (AvgIpc) is 3.29. The summed E-state index contributed by atoms with van der Waals surface area (Å²) in [6.07, 6.45) is 1.99. The molecule has 0 bridgehead atoms. The summed E-state index contributed by atoms with van der Waals surface area (Å²) in [7, 11) is 1.69. The monoisotopic (exact) mass is 493 g/mol. The molecule has 2 saturated heterocycles. The second-order valence-electron chi connectivity index (χ2n) is 9.83. The third-order valence-corrected chi connectivity index (χ3v) is 8.25. The molecule has 186 valence electrons. The predicted octanol–water partition coefficient (Wildman–Crippen LogP) is 4.58. The van der Waals surface area contributed by atoms with Crippen LogP contribution in [0, 0.1) is 0 Å². The van der Waals surface area contributed by atoms with Crippen LogP contribution in [0.1, 0.15) is 32.3 Å². The molecular formula is C27H35N5O2S. The van der Waals surface area contributed by atoms with Crippen LogP contribution >= 0.6 is 11.3 Å². The van der Waals surface area contributed by atoms with Gasteiger partial charge in [-0.1, -0.05) is 41.7 Å². The van der Waals surface area contributed by atoms with E-state index in [1.807, 2.05) is 23.1 Å². The number of benzene rings is 2. The quantitative estimate of drug-likeness (QED) is 0.564. The topological polar surface area (TPSA) is 60.9 Å². The Balaban J connectivity index is 1.15. The van der Waals surface area contributed by atoms with E-state index in [0.29, 0.717) is 0 Å². The minimum absolute atomic E-state index is 0.0696. The molecule has 0 saturated carbocycles. The van der Waals surface area contributed by atoms with Crippen molar-refractivity contribution in [2.75, 3.05) is 38.2 Å². The normalized spacial score (nSPS) is 21.9. The van der Waals surface area contributed by atoms with Gasteiger partial charge in [0.1, 0.15) is 5.75 Å². The second-order valence-corrected chi connectivity index (χ2v) is 10.8. The van der Waals surface area contributed by atoms with Crippen molar-refractivity contribution in [3.05, 3.63) is 54.1 Å². The number of nitrogens with zero attached hydrogens (tertiary/aromatic N) is 4. The Kier molecular flexibility index (Phi) is 7.11. The molecule has 8 heteroatoms. The molecule has 2 aliphatic rings. The Labute approximate surface area is 211 Å². The zero-order chi connectivity index (χ0) is 24.4. The van der Waals surface area contributed by atoms with Crippen LogP contribution in [0.3, 0.4) is 0 Å². The minimum atomic E-state index is 0.0696. The molecule has 2 aliphatic heterocycles. The fraction of sp³-hybridized carbons (Fsp3) is 0.481. The first kappa shape index (κ1) is 23.9. The number of urea groups is 1. The fourth-order valence-corrected chi connectivity index (χ4v) is 6.37. The number of carbonyl (C=O) groups is 1. The summed E-state index contributed by atoms with van der Waals surface area (Å²) < 4.78 is 6.48. The summed E-state index contributed by atoms with van der Waals surface area (Å²) >= 11 is 1.69. The Morgan fingerprint density at radius 3 is 2.49 bits per heavy atom. The van der Waals surface area contributed by atoms with Gasteiger partial charge >= 0.3 is 6.03 Å². The molecule has 0 radical (unpaired) electrons. The summed E-state index contributed by atoms with van der Waals surface area (Å²) in [6.45, 7) is 8.86. The number of hydrogen-bond donors (Lipinski definition) is 1. The van der Waals surface area contributed by atoms with Gasteiger partial charge in [-0.25, -0.2) is 9.78 Å². The molecule has 5 rings (SSSR count). The number of aromatic nitrogens is 1. The molecule has 2 atom stereocenters. The van der Waals surface area contributed by atoms with E-state index in [-0.39, 0.29) is 24.2 Å². The zero-order valence-corrected chi connectivity index (χ0v) is 21.6. The molecule has 7 nitrogen and oxygen atoms in total. The molecule has 3 heterocycles. The Hall–Kier alpha value is -2.84. The molecule has 2 aromatic carbocycles. The van der Waals surface area contributed by atoms with Gasteiger partial charge in [0.05, 0.1) is 17.3 Å². The zero-order valence-electron chi connectivity index (χ0n) is 20.8. The van der Waals surface area contributed by atoms with E-state index < -0.39 is 0 Å². The first-order valence-electron chi connectivity index (χ1n) is 12.5. The number of thiazole rings is 1. The standard InChI is InChI=1S/C27H35N5O2S/c1-19-16-31(27-29-24-10-9-23(34-3)15-25(24)35-27)17-20(2)32(19)26(33)28-22-11-13-30(14-12-22)18-21-7-5-4-6-8-21/h4-10,15,19-20,22H,11-14,16-18H2,1-3H3,(H,28,33)/t19-,20-/m1/s1. The molecule has 1 aromatic heterocycles. The number of methoxy groups -OCH3 is 1. The van der Waals surface area contributed by atoms with Crippen molar-refractivity contribution in [1.82, 2.24) is 20.1 Å². The smallest absolute Gasteiger partial charge is 0.318 e. The number of fused-ring (bicyclic) bond motifs is 1. The van der Waals surface area contributed by atoms with Gasteiger partial charge in [0.2, 0.25) is 0 Å². The van der Waals surface area contributed by atoms with Crippen molar-refractivity contribution in [2.45, 2.75) is 51.4 Å². The fourth-order valence-electron chi connectivity index (χ4n) is 5.36. The number of rotatable bonds is 5. The van der Waals surface area contributed by atoms with E-state index in [0.717, 1.165) is 66.7 Å². The predicted molar refractivity (Wildman–Crippen MR) is 142 cm³/mol. The number of anilines is 1. The highest BCUT2D eigenvalue weighted by Crippen LogP contribution is 2.33. The minimum Gasteiger partial charge on any atom is -0.497 e. The van der Waals surface area contributed by atoms with Gasteiger partial charge in [0.25, 0.3) is 0 Å². The van der Waals surface area contributed by atoms with Crippen molar-refractivity contribution in [3.8, 4) is 5.75 Å². The number of likely N-dealkylation sites (tertiary alicyclic amines) is 1. The highest BCUT2D eigenvalue weighted by atomic mass is 32.1. The maximum absolute atomic E-state index is 13.3. The summed E-state index contributed by atoms with van der Waals surface area (Å²) in [4.78, 5) is 24.9. The van der Waals surface area contributed by atoms with Crippen LogP contribution < -0.4 is 15.0 Å². The number of amides is 2. The van der Waals surface area contributed by atoms with Gasteiger partial charge in [0.15, 0.2) is 5.13 Å². The first-order valence-corrected chi connectivity index (χ1v) is 13.4. The van der Waals surface area contributed by atoms with Crippen LogP contribution in [-0.2, 0) is 6.54 Å². The lowest BCUT2D eigenvalue weighted by Crippen LogP contribution is -2.62. The van der Waals surface area contributed by atoms with Crippen LogP contribution in [0.4, 0.5) is 9.93 Å². The lowest BCUT2D eigenvalue weighted by molar-refractivity contribution is 0.130. The molecule has 0 aliphatic carbocycles. The summed E-state index contributed by atoms with van der Waals surface area (Å²) in [5.41, 5.74) is 2.34. The van der Waals surface area contributed by atoms with Gasteiger partial charge in [-0.05, 0) is 50.5 Å². The van der Waals surface area contributed by atoms with E-state index in [1.54, 1.807) is 18.4 Å². The molecule has 0 unspecified atom stereocenters. The van der Waals surface area contributed by atoms with Crippen molar-refractivity contribution in [2.24, 2.45) is 0 Å². The maximum Gasteiger partial charge on any atom is 0.318 e. The van der Waals surface area contributed by atoms with Crippen LogP contribution in [0.2, 0.25) is 0 Å². The number of piperidine rings is 1. The maximum atomic E-state index is 13.3. The van der Waals surface area contributed by atoms with E-state index in [2.05, 4.69) is 59.3 Å². The lowest BCUT2D eigenvalue weighted by atomic mass is 10.0. The van der Waals surface area contributed by atoms with Crippen molar-refractivity contribution in [1.29, 1.82) is 0 Å². The van der Waals surface area contributed by atoms with E-state index in [4.69, 9.17) is 9.72 Å². The number of piperazine rings is 1. The van der Waals surface area contributed by atoms with Crippen molar-refractivity contribution < 1.29 is 9.53 Å². The molecule has 2 fully saturated rings. The van der Waals surface area contributed by atoms with Crippen molar-refractivity contribution in [3.63, 3.8) is 0 Å². The number of carbonyl (C=O) groups excluding carboxylic acids is 1. The highest BCUT2D eigenvalue weighted by Gasteiger charge is 2.35. The molecule has 35 heavy (non-hydrogen) atoms. The summed E-state index contributed by atoms with van der Waals surface area (Å²) in [5, 5.41) is 4.35. The van der Waals surface area contributed by atoms with Gasteiger partial charge in [-0.15, -0.1) is 0 Å². The molecule has 1 N–H and O–H groups in total. The van der Waals surface area contributed by atoms with Gasteiger partial charge in [0, 0.05) is 50.8 Å². The van der Waals surface area contributed by atoms with Crippen LogP contribution in [0.5, 0.6) is 5.75 Å². The van der Waals surface area contributed by atoms with Gasteiger partial charge in [-0.2, -0.15) is 0 Å². The molecule has 2 amide bonds. The SMILES string of the molecule is COc1ccc2nc(N3C[C@@H](C)N(C(=O)NC4CCN(Cc5ccccc5)CC4)[C@H](C)C3)sc2c1. The molecule has 3 aromatic rings. The van der Waals surface area contributed by atoms with Crippen LogP contribution in [0.25, 0.3) is 10.2 Å². The highest BCUT2D eigenvalue weighted by molar-refractivity contribution is 7.22. The van der Waals surface area contributed by atoms with E-state index in [9.17, 15) is 4.79 Å². The summed E-state index contributed by atoms with van der Waals surface area (Å²) in [6, 6.07) is 17.1. The lowest BCUT2D eigenvalue weighted by Gasteiger charge is -2.45. The van der Waals surface area contributed by atoms with Crippen molar-refractivity contribution >= 4 is 32.7 Å². The largest absolute Gasteiger partial charge is 0.497 e. The molecule has 0 spiro atoms.